The van der Waals surface area contributed by atoms with E-state index in [4.69, 9.17) is 0 Å². The SMILES string of the molecule is C.C=Cc1c(/C=C\C)cc(CC)c2ccccc12. The largest absolute Gasteiger partial charge is 0.0984 e. The molecule has 0 N–H and O–H groups in total. The Morgan fingerprint density at radius 2 is 1.83 bits per heavy atom. The van der Waals surface area contributed by atoms with Gasteiger partial charge in [-0.3, -0.25) is 0 Å². The highest BCUT2D eigenvalue weighted by atomic mass is 14.1. The average Bonchev–Trinajstić information content (AvgIpc) is 2.38. The van der Waals surface area contributed by atoms with Crippen LogP contribution in [0.2, 0.25) is 0 Å². The summed E-state index contributed by atoms with van der Waals surface area (Å²) in [4.78, 5) is 0. The van der Waals surface area contributed by atoms with Crippen molar-refractivity contribution in [3.63, 3.8) is 0 Å². The normalized spacial score (nSPS) is 10.6. The molecule has 0 nitrogen and oxygen atoms in total. The Balaban J connectivity index is 0.00000162. The molecular weight excluding hydrogens is 216 g/mol. The van der Waals surface area contributed by atoms with Gasteiger partial charge in [0.1, 0.15) is 0 Å². The molecule has 0 spiro atoms. The van der Waals surface area contributed by atoms with E-state index >= 15 is 0 Å². The van der Waals surface area contributed by atoms with Gasteiger partial charge < -0.3 is 0 Å². The van der Waals surface area contributed by atoms with Crippen molar-refractivity contribution < 1.29 is 0 Å². The summed E-state index contributed by atoms with van der Waals surface area (Å²) in [7, 11) is 0. The fourth-order valence-electron chi connectivity index (χ4n) is 2.33. The van der Waals surface area contributed by atoms with Gasteiger partial charge in [0.25, 0.3) is 0 Å². The summed E-state index contributed by atoms with van der Waals surface area (Å²) in [6.45, 7) is 8.20. The first-order valence-electron chi connectivity index (χ1n) is 6.11. The Labute approximate surface area is 111 Å². The lowest BCUT2D eigenvalue weighted by molar-refractivity contribution is 1.16. The molecule has 0 amide bonds. The molecule has 0 bridgehead atoms. The zero-order valence-corrected chi connectivity index (χ0v) is 10.5. The van der Waals surface area contributed by atoms with Gasteiger partial charge in [-0.1, -0.05) is 69.5 Å². The van der Waals surface area contributed by atoms with Crippen LogP contribution in [0, 0.1) is 0 Å². The molecule has 0 atom stereocenters. The van der Waals surface area contributed by atoms with Crippen LogP contribution in [0.15, 0.2) is 43.0 Å². The first-order valence-corrected chi connectivity index (χ1v) is 6.11. The quantitative estimate of drug-likeness (QED) is 0.642. The zero-order chi connectivity index (χ0) is 12.3. The van der Waals surface area contributed by atoms with E-state index in [2.05, 4.69) is 56.0 Å². The third-order valence-corrected chi connectivity index (χ3v) is 3.14. The fourth-order valence-corrected chi connectivity index (χ4v) is 2.33. The van der Waals surface area contributed by atoms with Gasteiger partial charge in [0, 0.05) is 0 Å². The summed E-state index contributed by atoms with van der Waals surface area (Å²) in [5, 5.41) is 2.65. The molecule has 0 aliphatic carbocycles. The van der Waals surface area contributed by atoms with E-state index in [1.54, 1.807) is 0 Å². The van der Waals surface area contributed by atoms with Gasteiger partial charge in [0.15, 0.2) is 0 Å². The van der Waals surface area contributed by atoms with Crippen LogP contribution in [-0.4, -0.2) is 0 Å². The van der Waals surface area contributed by atoms with Crippen molar-refractivity contribution in [3.8, 4) is 0 Å². The molecule has 0 heteroatoms. The van der Waals surface area contributed by atoms with Gasteiger partial charge in [-0.2, -0.15) is 0 Å². The average molecular weight is 238 g/mol. The standard InChI is InChI=1S/C17H18.CH4/c1-4-9-14-12-13(5-2)16-10-7-8-11-17(16)15(14)6-3;/h4,6-12H,3,5H2,1-2H3;1H4/b9-4-;. The van der Waals surface area contributed by atoms with E-state index in [1.807, 2.05) is 13.0 Å². The molecule has 0 radical (unpaired) electrons. The summed E-state index contributed by atoms with van der Waals surface area (Å²) in [6.07, 6.45) is 7.25. The molecule has 94 valence electrons. The van der Waals surface area contributed by atoms with E-state index in [0.29, 0.717) is 0 Å². The van der Waals surface area contributed by atoms with Crippen molar-refractivity contribution in [2.24, 2.45) is 0 Å². The number of fused-ring (bicyclic) bond motifs is 1. The van der Waals surface area contributed by atoms with Crippen LogP contribution >= 0.6 is 0 Å². The second-order valence-electron chi connectivity index (χ2n) is 4.14. The number of benzene rings is 2. The Kier molecular flexibility index (Phi) is 4.91. The zero-order valence-electron chi connectivity index (χ0n) is 10.5. The van der Waals surface area contributed by atoms with Gasteiger partial charge in [0.2, 0.25) is 0 Å². The summed E-state index contributed by atoms with van der Waals surface area (Å²) in [5.41, 5.74) is 3.90. The molecule has 0 fully saturated rings. The summed E-state index contributed by atoms with van der Waals surface area (Å²) in [6, 6.07) is 10.8. The van der Waals surface area contributed by atoms with E-state index in [1.165, 1.54) is 27.5 Å². The van der Waals surface area contributed by atoms with Crippen LogP contribution in [-0.2, 0) is 6.42 Å². The third-order valence-electron chi connectivity index (χ3n) is 3.14. The summed E-state index contributed by atoms with van der Waals surface area (Å²) < 4.78 is 0. The van der Waals surface area contributed by atoms with Gasteiger partial charge >= 0.3 is 0 Å². The predicted octanol–water partition coefficient (Wildman–Crippen LogP) is 5.71. The van der Waals surface area contributed by atoms with Crippen molar-refractivity contribution >= 4 is 22.9 Å². The molecule has 0 aliphatic rings. The van der Waals surface area contributed by atoms with Crippen molar-refractivity contribution in [2.45, 2.75) is 27.7 Å². The number of allylic oxidation sites excluding steroid dienone is 1. The van der Waals surface area contributed by atoms with Gasteiger partial charge in [-0.25, -0.2) is 0 Å². The minimum absolute atomic E-state index is 0. The lowest BCUT2D eigenvalue weighted by Gasteiger charge is -2.11. The smallest absolute Gasteiger partial charge is 0.0103 e. The highest BCUT2D eigenvalue weighted by Gasteiger charge is 2.06. The number of rotatable bonds is 3. The predicted molar refractivity (Wildman–Crippen MR) is 84.9 cm³/mol. The third kappa shape index (κ3) is 2.38. The molecule has 18 heavy (non-hydrogen) atoms. The number of hydrogen-bond acceptors (Lipinski definition) is 0. The molecule has 0 aromatic heterocycles. The maximum atomic E-state index is 3.95. The molecular formula is C18H22. The second kappa shape index (κ2) is 6.20. The molecule has 0 saturated heterocycles. The number of aryl methyl sites for hydroxylation is 1. The highest BCUT2D eigenvalue weighted by molar-refractivity contribution is 5.96. The van der Waals surface area contributed by atoms with Gasteiger partial charge in [-0.15, -0.1) is 0 Å². The second-order valence-corrected chi connectivity index (χ2v) is 4.14. The van der Waals surface area contributed by atoms with Gasteiger partial charge in [0.05, 0.1) is 0 Å². The van der Waals surface area contributed by atoms with Crippen LogP contribution < -0.4 is 0 Å². The maximum Gasteiger partial charge on any atom is -0.0103 e. The lowest BCUT2D eigenvalue weighted by Crippen LogP contribution is -1.90. The minimum Gasteiger partial charge on any atom is -0.0984 e. The van der Waals surface area contributed by atoms with Crippen molar-refractivity contribution in [1.82, 2.24) is 0 Å². The van der Waals surface area contributed by atoms with Crippen LogP contribution in [0.4, 0.5) is 0 Å². The fraction of sp³-hybridized carbons (Fsp3) is 0.222. The Bertz CT molecular complexity index is 574. The summed E-state index contributed by atoms with van der Waals surface area (Å²) in [5.74, 6) is 0. The van der Waals surface area contributed by atoms with E-state index < -0.39 is 0 Å². The number of hydrogen-bond donors (Lipinski definition) is 0. The Morgan fingerprint density at radius 3 is 2.39 bits per heavy atom. The Hall–Kier alpha value is -1.82. The first kappa shape index (κ1) is 14.2. The summed E-state index contributed by atoms with van der Waals surface area (Å²) >= 11 is 0. The monoisotopic (exact) mass is 238 g/mol. The minimum atomic E-state index is 0. The maximum absolute atomic E-state index is 3.95. The lowest BCUT2D eigenvalue weighted by atomic mass is 9.93. The van der Waals surface area contributed by atoms with Crippen LogP contribution in [0.3, 0.4) is 0 Å². The van der Waals surface area contributed by atoms with Crippen LogP contribution in [0.25, 0.3) is 22.9 Å². The molecule has 0 unspecified atom stereocenters. The van der Waals surface area contributed by atoms with Crippen molar-refractivity contribution in [1.29, 1.82) is 0 Å². The Morgan fingerprint density at radius 1 is 1.17 bits per heavy atom. The van der Waals surface area contributed by atoms with Crippen LogP contribution in [0.1, 0.15) is 38.0 Å². The van der Waals surface area contributed by atoms with Gasteiger partial charge in [-0.05, 0) is 40.8 Å². The molecule has 2 rings (SSSR count). The van der Waals surface area contributed by atoms with E-state index in [-0.39, 0.29) is 7.43 Å². The van der Waals surface area contributed by atoms with E-state index in [0.717, 1.165) is 6.42 Å². The molecule has 0 heterocycles. The molecule has 0 saturated carbocycles. The molecule has 2 aromatic rings. The topological polar surface area (TPSA) is 0 Å². The molecule has 0 aliphatic heterocycles. The van der Waals surface area contributed by atoms with E-state index in [9.17, 15) is 0 Å². The van der Waals surface area contributed by atoms with Crippen LogP contribution in [0.5, 0.6) is 0 Å². The van der Waals surface area contributed by atoms with Crippen molar-refractivity contribution in [2.75, 3.05) is 0 Å². The highest BCUT2D eigenvalue weighted by Crippen LogP contribution is 2.28. The van der Waals surface area contributed by atoms with Crippen molar-refractivity contribution in [3.05, 3.63) is 59.7 Å². The molecule has 2 aromatic carbocycles. The first-order chi connectivity index (χ1) is 8.31.